The molecule has 1 N–H and O–H groups in total. The Morgan fingerprint density at radius 2 is 2.13 bits per heavy atom. The molecular weight excluding hydrogens is 193 g/mol. The number of Topliss-reactive ketones (excluding diaryl/α,β-unsaturated/α-hetero) is 1. The van der Waals surface area contributed by atoms with Gasteiger partial charge in [-0.15, -0.1) is 0 Å². The Hall–Kier alpha value is -1.22. The van der Waals surface area contributed by atoms with Gasteiger partial charge < -0.3 is 5.32 Å². The van der Waals surface area contributed by atoms with Crippen molar-refractivity contribution in [3.8, 4) is 0 Å². The SMILES string of the molecule is CNC(CC(C)=O)Cc1ccccc1F. The summed E-state index contributed by atoms with van der Waals surface area (Å²) < 4.78 is 13.3. The molecular formula is C12H16FNO. The lowest BCUT2D eigenvalue weighted by molar-refractivity contribution is -0.117. The lowest BCUT2D eigenvalue weighted by Gasteiger charge is -2.14. The van der Waals surface area contributed by atoms with Crippen LogP contribution < -0.4 is 5.32 Å². The zero-order chi connectivity index (χ0) is 11.3. The van der Waals surface area contributed by atoms with Gasteiger partial charge in [0.25, 0.3) is 0 Å². The molecule has 0 spiro atoms. The molecule has 0 aliphatic carbocycles. The first-order valence-corrected chi connectivity index (χ1v) is 5.03. The van der Waals surface area contributed by atoms with Gasteiger partial charge in [0, 0.05) is 12.5 Å². The summed E-state index contributed by atoms with van der Waals surface area (Å²) in [6.07, 6.45) is 0.980. The van der Waals surface area contributed by atoms with Gasteiger partial charge >= 0.3 is 0 Å². The molecule has 0 aliphatic rings. The predicted molar refractivity (Wildman–Crippen MR) is 58.2 cm³/mol. The Kier molecular flexibility index (Phi) is 4.43. The van der Waals surface area contributed by atoms with E-state index < -0.39 is 0 Å². The average Bonchev–Trinajstić information content (AvgIpc) is 2.19. The predicted octanol–water partition coefficient (Wildman–Crippen LogP) is 1.94. The molecule has 0 saturated heterocycles. The molecule has 0 bridgehead atoms. The second-order valence-corrected chi connectivity index (χ2v) is 3.69. The molecule has 2 nitrogen and oxygen atoms in total. The highest BCUT2D eigenvalue weighted by Gasteiger charge is 2.11. The first-order valence-electron chi connectivity index (χ1n) is 5.03. The molecule has 1 aromatic carbocycles. The van der Waals surface area contributed by atoms with Crippen molar-refractivity contribution in [1.82, 2.24) is 5.32 Å². The molecule has 82 valence electrons. The number of benzene rings is 1. The second kappa shape index (κ2) is 5.61. The van der Waals surface area contributed by atoms with Gasteiger partial charge in [-0.2, -0.15) is 0 Å². The summed E-state index contributed by atoms with van der Waals surface area (Å²) in [5.74, 6) is -0.0907. The van der Waals surface area contributed by atoms with Gasteiger partial charge in [-0.1, -0.05) is 18.2 Å². The van der Waals surface area contributed by atoms with Crippen molar-refractivity contribution in [2.24, 2.45) is 0 Å². The van der Waals surface area contributed by atoms with Gasteiger partial charge in [0.15, 0.2) is 0 Å². The molecule has 0 aliphatic heterocycles. The number of rotatable bonds is 5. The van der Waals surface area contributed by atoms with Gasteiger partial charge in [0.2, 0.25) is 0 Å². The van der Waals surface area contributed by atoms with E-state index in [4.69, 9.17) is 0 Å². The van der Waals surface area contributed by atoms with E-state index in [0.29, 0.717) is 18.4 Å². The summed E-state index contributed by atoms with van der Waals surface area (Å²) in [5.41, 5.74) is 0.651. The van der Waals surface area contributed by atoms with Gasteiger partial charge in [0.05, 0.1) is 0 Å². The highest BCUT2D eigenvalue weighted by Crippen LogP contribution is 2.10. The number of ketones is 1. The number of likely N-dealkylation sites (N-methyl/N-ethyl adjacent to an activating group) is 1. The van der Waals surface area contributed by atoms with E-state index in [0.717, 1.165) is 0 Å². The smallest absolute Gasteiger partial charge is 0.131 e. The van der Waals surface area contributed by atoms with Crippen LogP contribution in [0.25, 0.3) is 0 Å². The molecule has 3 heteroatoms. The van der Waals surface area contributed by atoms with Crippen LogP contribution in [0.5, 0.6) is 0 Å². The van der Waals surface area contributed by atoms with Crippen molar-refractivity contribution in [3.05, 3.63) is 35.6 Å². The van der Waals surface area contributed by atoms with E-state index in [1.165, 1.54) is 6.07 Å². The van der Waals surface area contributed by atoms with Crippen LogP contribution in [-0.4, -0.2) is 18.9 Å². The average molecular weight is 209 g/mol. The number of hydrogen-bond donors (Lipinski definition) is 1. The number of halogens is 1. The molecule has 0 radical (unpaired) electrons. The highest BCUT2D eigenvalue weighted by molar-refractivity contribution is 5.76. The zero-order valence-corrected chi connectivity index (χ0v) is 9.09. The largest absolute Gasteiger partial charge is 0.316 e. The molecule has 0 saturated carbocycles. The summed E-state index contributed by atoms with van der Waals surface area (Å²) in [4.78, 5) is 11.0. The van der Waals surface area contributed by atoms with Crippen molar-refractivity contribution in [2.75, 3.05) is 7.05 Å². The Balaban J connectivity index is 2.66. The lowest BCUT2D eigenvalue weighted by Crippen LogP contribution is -2.29. The minimum absolute atomic E-state index is 0.0133. The van der Waals surface area contributed by atoms with Gasteiger partial charge in [-0.25, -0.2) is 4.39 Å². The lowest BCUT2D eigenvalue weighted by atomic mass is 10.0. The minimum atomic E-state index is -0.207. The quantitative estimate of drug-likeness (QED) is 0.803. The van der Waals surface area contributed by atoms with E-state index in [1.807, 2.05) is 0 Å². The first kappa shape index (κ1) is 11.9. The molecule has 1 atom stereocenters. The molecule has 0 fully saturated rings. The van der Waals surface area contributed by atoms with Crippen molar-refractivity contribution in [3.63, 3.8) is 0 Å². The zero-order valence-electron chi connectivity index (χ0n) is 9.09. The summed E-state index contributed by atoms with van der Waals surface area (Å²) in [6, 6.07) is 6.67. The third kappa shape index (κ3) is 3.80. The minimum Gasteiger partial charge on any atom is -0.316 e. The van der Waals surface area contributed by atoms with Crippen LogP contribution >= 0.6 is 0 Å². The highest BCUT2D eigenvalue weighted by atomic mass is 19.1. The van der Waals surface area contributed by atoms with Crippen LogP contribution in [0.15, 0.2) is 24.3 Å². The standard InChI is InChI=1S/C12H16FNO/c1-9(15)7-11(14-2)8-10-5-3-4-6-12(10)13/h3-6,11,14H,7-8H2,1-2H3. The topological polar surface area (TPSA) is 29.1 Å². The van der Waals surface area contributed by atoms with E-state index in [-0.39, 0.29) is 17.6 Å². The molecule has 15 heavy (non-hydrogen) atoms. The van der Waals surface area contributed by atoms with Crippen LogP contribution in [0.1, 0.15) is 18.9 Å². The van der Waals surface area contributed by atoms with Crippen LogP contribution in [0.3, 0.4) is 0 Å². The van der Waals surface area contributed by atoms with E-state index in [1.54, 1.807) is 32.2 Å². The molecule has 0 aromatic heterocycles. The maximum atomic E-state index is 13.3. The van der Waals surface area contributed by atoms with Gasteiger partial charge in [0.1, 0.15) is 11.6 Å². The summed E-state index contributed by atoms with van der Waals surface area (Å²) in [7, 11) is 1.79. The maximum Gasteiger partial charge on any atom is 0.131 e. The van der Waals surface area contributed by atoms with E-state index >= 15 is 0 Å². The van der Waals surface area contributed by atoms with Crippen molar-refractivity contribution in [2.45, 2.75) is 25.8 Å². The van der Waals surface area contributed by atoms with Gasteiger partial charge in [-0.05, 0) is 32.0 Å². The number of hydrogen-bond acceptors (Lipinski definition) is 2. The van der Waals surface area contributed by atoms with Crippen LogP contribution in [0.2, 0.25) is 0 Å². The fourth-order valence-electron chi connectivity index (χ4n) is 1.55. The third-order valence-corrected chi connectivity index (χ3v) is 2.37. The van der Waals surface area contributed by atoms with Gasteiger partial charge in [-0.3, -0.25) is 4.79 Å². The fourth-order valence-corrected chi connectivity index (χ4v) is 1.55. The molecule has 1 aromatic rings. The van der Waals surface area contributed by atoms with Crippen molar-refractivity contribution >= 4 is 5.78 Å². The molecule has 0 amide bonds. The Morgan fingerprint density at radius 3 is 2.67 bits per heavy atom. The normalized spacial score (nSPS) is 12.5. The van der Waals surface area contributed by atoms with Crippen LogP contribution in [0.4, 0.5) is 4.39 Å². The second-order valence-electron chi connectivity index (χ2n) is 3.69. The van der Waals surface area contributed by atoms with Crippen molar-refractivity contribution < 1.29 is 9.18 Å². The Morgan fingerprint density at radius 1 is 1.47 bits per heavy atom. The number of carbonyl (C=O) groups excluding carboxylic acids is 1. The van der Waals surface area contributed by atoms with E-state index in [9.17, 15) is 9.18 Å². The molecule has 0 heterocycles. The number of carbonyl (C=O) groups is 1. The monoisotopic (exact) mass is 209 g/mol. The molecule has 1 unspecified atom stereocenters. The van der Waals surface area contributed by atoms with E-state index in [2.05, 4.69) is 5.32 Å². The summed E-state index contributed by atoms with van der Waals surface area (Å²) >= 11 is 0. The number of nitrogens with one attached hydrogen (secondary N) is 1. The first-order chi connectivity index (χ1) is 7.13. The third-order valence-electron chi connectivity index (χ3n) is 2.37. The fraction of sp³-hybridized carbons (Fsp3) is 0.417. The maximum absolute atomic E-state index is 13.3. The van der Waals surface area contributed by atoms with Crippen LogP contribution in [0, 0.1) is 5.82 Å². The van der Waals surface area contributed by atoms with Crippen molar-refractivity contribution in [1.29, 1.82) is 0 Å². The summed E-state index contributed by atoms with van der Waals surface area (Å²) in [6.45, 7) is 1.55. The van der Waals surface area contributed by atoms with Crippen LogP contribution in [-0.2, 0) is 11.2 Å². The summed E-state index contributed by atoms with van der Waals surface area (Å²) in [5, 5.41) is 3.02. The Labute approximate surface area is 89.5 Å². The Bertz CT molecular complexity index is 338. The molecule has 1 rings (SSSR count).